The Balaban J connectivity index is 2.22. The molecule has 1 aromatic carbocycles. The molecular weight excluding hydrogens is 344 g/mol. The van der Waals surface area contributed by atoms with Gasteiger partial charge in [0.1, 0.15) is 5.69 Å². The van der Waals surface area contributed by atoms with Crippen molar-refractivity contribution < 1.29 is 13.2 Å². The number of halogens is 1. The van der Waals surface area contributed by atoms with Crippen molar-refractivity contribution in [3.8, 4) is 0 Å². The molecule has 1 aromatic heterocycles. The van der Waals surface area contributed by atoms with Crippen LogP contribution >= 0.6 is 15.9 Å². The predicted octanol–water partition coefficient (Wildman–Crippen LogP) is 2.50. The van der Waals surface area contributed by atoms with Crippen molar-refractivity contribution in [2.24, 2.45) is 0 Å². The Hall–Kier alpha value is -1.73. The SMILES string of the molecule is CS(=O)(=O)c1cccc(NC(=O)c2ccc(Br)cn2)c1. The molecule has 5 nitrogen and oxygen atoms in total. The van der Waals surface area contributed by atoms with Crippen molar-refractivity contribution in [2.75, 3.05) is 11.6 Å². The average Bonchev–Trinajstić information content (AvgIpc) is 2.38. The molecular formula is C13H11BrN2O3S. The molecule has 0 bridgehead atoms. The Labute approximate surface area is 125 Å². The molecule has 0 radical (unpaired) electrons. The van der Waals surface area contributed by atoms with E-state index in [9.17, 15) is 13.2 Å². The molecule has 0 fully saturated rings. The second-order valence-corrected chi connectivity index (χ2v) is 7.05. The fraction of sp³-hybridized carbons (Fsp3) is 0.0769. The van der Waals surface area contributed by atoms with E-state index in [1.54, 1.807) is 24.3 Å². The zero-order valence-electron chi connectivity index (χ0n) is 10.5. The number of sulfone groups is 1. The molecule has 0 unspecified atom stereocenters. The van der Waals surface area contributed by atoms with Gasteiger partial charge in [0.15, 0.2) is 9.84 Å². The van der Waals surface area contributed by atoms with Gasteiger partial charge < -0.3 is 5.32 Å². The standard InChI is InChI=1S/C13H11BrN2O3S/c1-20(18,19)11-4-2-3-10(7-11)16-13(17)12-6-5-9(14)8-15-12/h2-8H,1H3,(H,16,17). The van der Waals surface area contributed by atoms with Gasteiger partial charge in [-0.05, 0) is 46.3 Å². The quantitative estimate of drug-likeness (QED) is 0.918. The van der Waals surface area contributed by atoms with Crippen LogP contribution in [0.3, 0.4) is 0 Å². The second kappa shape index (κ2) is 5.72. The number of nitrogens with zero attached hydrogens (tertiary/aromatic N) is 1. The van der Waals surface area contributed by atoms with Crippen LogP contribution in [-0.2, 0) is 9.84 Å². The number of hydrogen-bond acceptors (Lipinski definition) is 4. The van der Waals surface area contributed by atoms with E-state index in [0.717, 1.165) is 10.7 Å². The van der Waals surface area contributed by atoms with Crippen molar-refractivity contribution in [3.05, 3.63) is 52.8 Å². The molecule has 1 heterocycles. The maximum atomic E-state index is 11.9. The summed E-state index contributed by atoms with van der Waals surface area (Å²) in [6.45, 7) is 0. The number of hydrogen-bond donors (Lipinski definition) is 1. The van der Waals surface area contributed by atoms with Crippen LogP contribution in [0.1, 0.15) is 10.5 Å². The van der Waals surface area contributed by atoms with Gasteiger partial charge in [0.05, 0.1) is 4.90 Å². The van der Waals surface area contributed by atoms with Crippen LogP contribution in [0.15, 0.2) is 52.0 Å². The van der Waals surface area contributed by atoms with Crippen molar-refractivity contribution in [1.29, 1.82) is 0 Å². The van der Waals surface area contributed by atoms with E-state index in [1.165, 1.54) is 18.3 Å². The molecule has 0 aliphatic carbocycles. The summed E-state index contributed by atoms with van der Waals surface area (Å²) in [4.78, 5) is 16.1. The van der Waals surface area contributed by atoms with Gasteiger partial charge in [-0.25, -0.2) is 13.4 Å². The fourth-order valence-corrected chi connectivity index (χ4v) is 2.41. The van der Waals surface area contributed by atoms with Crippen molar-refractivity contribution in [3.63, 3.8) is 0 Å². The molecule has 1 N–H and O–H groups in total. The summed E-state index contributed by atoms with van der Waals surface area (Å²) in [6, 6.07) is 9.34. The third-order valence-corrected chi connectivity index (χ3v) is 4.06. The van der Waals surface area contributed by atoms with E-state index >= 15 is 0 Å². The van der Waals surface area contributed by atoms with Crippen LogP contribution in [0.25, 0.3) is 0 Å². The van der Waals surface area contributed by atoms with Crippen molar-refractivity contribution in [1.82, 2.24) is 4.98 Å². The zero-order valence-corrected chi connectivity index (χ0v) is 12.9. The van der Waals surface area contributed by atoms with Crippen LogP contribution < -0.4 is 5.32 Å². The lowest BCUT2D eigenvalue weighted by Crippen LogP contribution is -2.13. The fourth-order valence-electron chi connectivity index (χ4n) is 1.51. The van der Waals surface area contributed by atoms with E-state index in [2.05, 4.69) is 26.2 Å². The monoisotopic (exact) mass is 354 g/mol. The van der Waals surface area contributed by atoms with E-state index in [4.69, 9.17) is 0 Å². The van der Waals surface area contributed by atoms with Crippen molar-refractivity contribution >= 4 is 37.4 Å². The van der Waals surface area contributed by atoms with Gasteiger partial charge in [-0.15, -0.1) is 0 Å². The van der Waals surface area contributed by atoms with Gasteiger partial charge >= 0.3 is 0 Å². The van der Waals surface area contributed by atoms with Crippen LogP contribution in [0.2, 0.25) is 0 Å². The lowest BCUT2D eigenvalue weighted by molar-refractivity contribution is 0.102. The van der Waals surface area contributed by atoms with E-state index < -0.39 is 15.7 Å². The average molecular weight is 355 g/mol. The summed E-state index contributed by atoms with van der Waals surface area (Å²) < 4.78 is 23.7. The van der Waals surface area contributed by atoms with Gasteiger partial charge in [0, 0.05) is 22.6 Å². The first-order valence-electron chi connectivity index (χ1n) is 5.59. The first-order valence-corrected chi connectivity index (χ1v) is 8.28. The summed E-state index contributed by atoms with van der Waals surface area (Å²) in [7, 11) is -3.30. The summed E-state index contributed by atoms with van der Waals surface area (Å²) in [5, 5.41) is 2.61. The molecule has 0 aliphatic heterocycles. The normalized spacial score (nSPS) is 11.1. The number of anilines is 1. The number of nitrogens with one attached hydrogen (secondary N) is 1. The number of rotatable bonds is 3. The first kappa shape index (κ1) is 14.7. The number of carbonyl (C=O) groups is 1. The van der Waals surface area contributed by atoms with E-state index in [-0.39, 0.29) is 10.6 Å². The van der Waals surface area contributed by atoms with Crippen LogP contribution in [0.4, 0.5) is 5.69 Å². The highest BCUT2D eigenvalue weighted by molar-refractivity contribution is 9.10. The largest absolute Gasteiger partial charge is 0.321 e. The lowest BCUT2D eigenvalue weighted by atomic mass is 10.3. The highest BCUT2D eigenvalue weighted by Crippen LogP contribution is 2.16. The third kappa shape index (κ3) is 3.64. The summed E-state index contributed by atoms with van der Waals surface area (Å²) in [5.41, 5.74) is 0.653. The zero-order chi connectivity index (χ0) is 14.8. The molecule has 0 aliphatic rings. The number of pyridine rings is 1. The summed E-state index contributed by atoms with van der Waals surface area (Å²) in [5.74, 6) is -0.400. The van der Waals surface area contributed by atoms with E-state index in [0.29, 0.717) is 5.69 Å². The number of aromatic nitrogens is 1. The molecule has 0 saturated carbocycles. The van der Waals surface area contributed by atoms with Gasteiger partial charge in [0.25, 0.3) is 5.91 Å². The van der Waals surface area contributed by atoms with E-state index in [1.807, 2.05) is 0 Å². The smallest absolute Gasteiger partial charge is 0.274 e. The number of benzene rings is 1. The molecule has 104 valence electrons. The molecule has 2 rings (SSSR count). The molecule has 0 atom stereocenters. The molecule has 0 spiro atoms. The molecule has 2 aromatic rings. The van der Waals surface area contributed by atoms with Crippen LogP contribution in [-0.4, -0.2) is 25.6 Å². The summed E-state index contributed by atoms with van der Waals surface area (Å²) >= 11 is 3.23. The maximum Gasteiger partial charge on any atom is 0.274 e. The highest BCUT2D eigenvalue weighted by atomic mass is 79.9. The Morgan fingerprint density at radius 2 is 2.00 bits per heavy atom. The Kier molecular flexibility index (Phi) is 4.20. The number of carbonyl (C=O) groups excluding carboxylic acids is 1. The second-order valence-electron chi connectivity index (χ2n) is 4.12. The highest BCUT2D eigenvalue weighted by Gasteiger charge is 2.10. The van der Waals surface area contributed by atoms with Crippen LogP contribution in [0, 0.1) is 0 Å². The predicted molar refractivity (Wildman–Crippen MR) is 79.4 cm³/mol. The van der Waals surface area contributed by atoms with Gasteiger partial charge in [0.2, 0.25) is 0 Å². The number of amides is 1. The van der Waals surface area contributed by atoms with Gasteiger partial charge in [-0.2, -0.15) is 0 Å². The first-order chi connectivity index (χ1) is 9.36. The molecule has 0 saturated heterocycles. The molecule has 20 heavy (non-hydrogen) atoms. The minimum atomic E-state index is -3.30. The molecule has 7 heteroatoms. The topological polar surface area (TPSA) is 76.1 Å². The minimum Gasteiger partial charge on any atom is -0.321 e. The Morgan fingerprint density at radius 3 is 2.60 bits per heavy atom. The van der Waals surface area contributed by atoms with Crippen LogP contribution in [0.5, 0.6) is 0 Å². The minimum absolute atomic E-state index is 0.152. The van der Waals surface area contributed by atoms with Gasteiger partial charge in [-0.1, -0.05) is 6.07 Å². The Morgan fingerprint density at radius 1 is 1.25 bits per heavy atom. The summed E-state index contributed by atoms with van der Waals surface area (Å²) in [6.07, 6.45) is 2.63. The van der Waals surface area contributed by atoms with Crippen molar-refractivity contribution in [2.45, 2.75) is 4.90 Å². The lowest BCUT2D eigenvalue weighted by Gasteiger charge is -2.06. The molecule has 1 amide bonds. The Bertz CT molecular complexity index is 742. The van der Waals surface area contributed by atoms with Gasteiger partial charge in [-0.3, -0.25) is 4.79 Å². The third-order valence-electron chi connectivity index (χ3n) is 2.48. The maximum absolute atomic E-state index is 11.9.